The average molecular weight is 280 g/mol. The molecule has 0 aliphatic rings. The number of carbonyl (C=O) groups excluding carboxylic acids is 1. The van der Waals surface area contributed by atoms with E-state index in [9.17, 15) is 22.4 Å². The normalized spacial score (nSPS) is 11.4. The minimum Gasteiger partial charge on any atom is -0.362 e. The molecule has 0 saturated heterocycles. The molecule has 0 aliphatic heterocycles. The second-order valence-electron chi connectivity index (χ2n) is 3.67. The second kappa shape index (κ2) is 6.48. The third-order valence-corrected chi connectivity index (χ3v) is 2.04. The maximum atomic E-state index is 13.4. The summed E-state index contributed by atoms with van der Waals surface area (Å²) in [6, 6.07) is 3.90. The topological polar surface area (TPSA) is 64.3 Å². The van der Waals surface area contributed by atoms with E-state index in [0.717, 1.165) is 6.07 Å². The molecule has 0 unspecified atom stereocenters. The van der Waals surface area contributed by atoms with Crippen molar-refractivity contribution in [3.63, 3.8) is 0 Å². The summed E-state index contributed by atoms with van der Waals surface area (Å²) in [6.45, 7) is -2.20. The summed E-state index contributed by atoms with van der Waals surface area (Å²) in [5, 5.41) is 2.10. The molecule has 4 nitrogen and oxygen atoms in total. The highest BCUT2D eigenvalue weighted by molar-refractivity contribution is 5.91. The number of amides is 1. The average Bonchev–Trinajstić information content (AvgIpc) is 2.30. The molecule has 0 bridgehead atoms. The van der Waals surface area contributed by atoms with Gasteiger partial charge < -0.3 is 15.8 Å². The Balaban J connectivity index is 2.48. The Kier molecular flexibility index (Phi) is 5.25. The summed E-state index contributed by atoms with van der Waals surface area (Å²) in [5.74, 6) is -1.59. The van der Waals surface area contributed by atoms with Crippen LogP contribution in [0.1, 0.15) is 5.56 Å². The highest BCUT2D eigenvalue weighted by Crippen LogP contribution is 2.16. The Morgan fingerprint density at radius 1 is 1.37 bits per heavy atom. The zero-order chi connectivity index (χ0) is 14.5. The molecule has 1 aromatic carbocycles. The van der Waals surface area contributed by atoms with Crippen LogP contribution < -0.4 is 11.1 Å². The minimum atomic E-state index is -4.51. The fourth-order valence-electron chi connectivity index (χ4n) is 1.23. The predicted molar refractivity (Wildman–Crippen MR) is 59.8 cm³/mol. The summed E-state index contributed by atoms with van der Waals surface area (Å²) in [5.41, 5.74) is 5.69. The maximum Gasteiger partial charge on any atom is 0.411 e. The van der Waals surface area contributed by atoms with Crippen LogP contribution >= 0.6 is 0 Å². The molecule has 0 aromatic heterocycles. The van der Waals surface area contributed by atoms with Gasteiger partial charge in [-0.2, -0.15) is 13.2 Å². The standard InChI is InChI=1S/C11H12F4N2O2/c12-8-3-7(4-16)1-2-9(8)17-10(18)5-19-6-11(13,14)15/h1-3H,4-6,16H2,(H,17,18). The van der Waals surface area contributed by atoms with Crippen molar-refractivity contribution in [2.75, 3.05) is 18.5 Å². The van der Waals surface area contributed by atoms with Gasteiger partial charge in [0.25, 0.3) is 0 Å². The van der Waals surface area contributed by atoms with Crippen molar-refractivity contribution in [2.45, 2.75) is 12.7 Å². The van der Waals surface area contributed by atoms with E-state index in [1.165, 1.54) is 12.1 Å². The Morgan fingerprint density at radius 3 is 2.58 bits per heavy atom. The van der Waals surface area contributed by atoms with Gasteiger partial charge in [-0.1, -0.05) is 6.07 Å². The monoisotopic (exact) mass is 280 g/mol. The van der Waals surface area contributed by atoms with Crippen LogP contribution in [0.2, 0.25) is 0 Å². The number of carbonyl (C=O) groups is 1. The van der Waals surface area contributed by atoms with Gasteiger partial charge in [0.15, 0.2) is 0 Å². The highest BCUT2D eigenvalue weighted by Gasteiger charge is 2.27. The number of nitrogens with two attached hydrogens (primary N) is 1. The molecular formula is C11H12F4N2O2. The van der Waals surface area contributed by atoms with E-state index in [-0.39, 0.29) is 12.2 Å². The van der Waals surface area contributed by atoms with E-state index >= 15 is 0 Å². The Bertz CT molecular complexity index is 449. The second-order valence-corrected chi connectivity index (χ2v) is 3.67. The summed E-state index contributed by atoms with van der Waals surface area (Å²) < 4.78 is 52.8. The molecule has 8 heteroatoms. The van der Waals surface area contributed by atoms with Crippen LogP contribution in [0, 0.1) is 5.82 Å². The number of hydrogen-bond acceptors (Lipinski definition) is 3. The van der Waals surface area contributed by atoms with Crippen LogP contribution in [-0.2, 0) is 16.1 Å². The molecule has 106 valence electrons. The number of halogens is 4. The first-order valence-corrected chi connectivity index (χ1v) is 5.24. The van der Waals surface area contributed by atoms with Crippen LogP contribution in [0.4, 0.5) is 23.2 Å². The van der Waals surface area contributed by atoms with Crippen LogP contribution in [0.3, 0.4) is 0 Å². The number of hydrogen-bond donors (Lipinski definition) is 2. The zero-order valence-electron chi connectivity index (χ0n) is 9.76. The van der Waals surface area contributed by atoms with E-state index in [1.807, 2.05) is 0 Å². The first-order chi connectivity index (χ1) is 8.81. The Labute approximate surface area is 106 Å². The van der Waals surface area contributed by atoms with Crippen molar-refractivity contribution in [1.82, 2.24) is 0 Å². The summed E-state index contributed by atoms with van der Waals surface area (Å²) in [7, 11) is 0. The van der Waals surface area contributed by atoms with Crippen molar-refractivity contribution in [1.29, 1.82) is 0 Å². The van der Waals surface area contributed by atoms with Gasteiger partial charge in [0.05, 0.1) is 5.69 Å². The molecule has 0 fully saturated rings. The number of anilines is 1. The van der Waals surface area contributed by atoms with Crippen molar-refractivity contribution >= 4 is 11.6 Å². The molecular weight excluding hydrogens is 268 g/mol. The van der Waals surface area contributed by atoms with Gasteiger partial charge >= 0.3 is 6.18 Å². The SMILES string of the molecule is NCc1ccc(NC(=O)COCC(F)(F)F)c(F)c1. The van der Waals surface area contributed by atoms with E-state index < -0.39 is 31.1 Å². The molecule has 0 saturated carbocycles. The third-order valence-electron chi connectivity index (χ3n) is 2.04. The molecule has 0 atom stereocenters. The number of ether oxygens (including phenoxy) is 1. The van der Waals surface area contributed by atoms with Crippen molar-refractivity contribution in [2.24, 2.45) is 5.73 Å². The lowest BCUT2D eigenvalue weighted by molar-refractivity contribution is -0.174. The van der Waals surface area contributed by atoms with Gasteiger partial charge in [-0.3, -0.25) is 4.79 Å². The van der Waals surface area contributed by atoms with Crippen molar-refractivity contribution in [3.05, 3.63) is 29.6 Å². The van der Waals surface area contributed by atoms with E-state index in [0.29, 0.717) is 5.56 Å². The number of nitrogens with one attached hydrogen (secondary N) is 1. The van der Waals surface area contributed by atoms with Crippen LogP contribution in [0.5, 0.6) is 0 Å². The number of alkyl halides is 3. The summed E-state index contributed by atoms with van der Waals surface area (Å²) in [6.07, 6.45) is -4.51. The lowest BCUT2D eigenvalue weighted by Gasteiger charge is -2.09. The maximum absolute atomic E-state index is 13.4. The van der Waals surface area contributed by atoms with E-state index in [4.69, 9.17) is 5.73 Å². The first-order valence-electron chi connectivity index (χ1n) is 5.24. The van der Waals surface area contributed by atoms with Gasteiger partial charge in [0.1, 0.15) is 19.0 Å². The summed E-state index contributed by atoms with van der Waals surface area (Å²) >= 11 is 0. The lowest BCUT2D eigenvalue weighted by atomic mass is 10.2. The van der Waals surface area contributed by atoms with Gasteiger partial charge in [0, 0.05) is 6.54 Å². The quantitative estimate of drug-likeness (QED) is 0.808. The molecule has 1 amide bonds. The largest absolute Gasteiger partial charge is 0.411 e. The van der Waals surface area contributed by atoms with Crippen LogP contribution in [0.25, 0.3) is 0 Å². The van der Waals surface area contributed by atoms with Gasteiger partial charge in [-0.15, -0.1) is 0 Å². The minimum absolute atomic E-state index is 0.139. The van der Waals surface area contributed by atoms with Crippen LogP contribution in [-0.4, -0.2) is 25.3 Å². The first kappa shape index (κ1) is 15.4. The highest BCUT2D eigenvalue weighted by atomic mass is 19.4. The van der Waals surface area contributed by atoms with Crippen molar-refractivity contribution in [3.8, 4) is 0 Å². The molecule has 1 rings (SSSR count). The van der Waals surface area contributed by atoms with E-state index in [2.05, 4.69) is 10.1 Å². The molecule has 0 heterocycles. The predicted octanol–water partition coefficient (Wildman–Crippen LogP) is 1.80. The number of rotatable bonds is 5. The molecule has 1 aromatic rings. The molecule has 19 heavy (non-hydrogen) atoms. The van der Waals surface area contributed by atoms with Gasteiger partial charge in [0.2, 0.25) is 5.91 Å². The fourth-order valence-corrected chi connectivity index (χ4v) is 1.23. The Hall–Kier alpha value is -1.67. The Morgan fingerprint density at radius 2 is 2.05 bits per heavy atom. The zero-order valence-corrected chi connectivity index (χ0v) is 9.76. The lowest BCUT2D eigenvalue weighted by Crippen LogP contribution is -2.24. The van der Waals surface area contributed by atoms with Crippen LogP contribution in [0.15, 0.2) is 18.2 Å². The van der Waals surface area contributed by atoms with E-state index in [1.54, 1.807) is 0 Å². The molecule has 0 radical (unpaired) electrons. The van der Waals surface area contributed by atoms with Crippen molar-refractivity contribution < 1.29 is 27.1 Å². The molecule has 0 spiro atoms. The van der Waals surface area contributed by atoms with Gasteiger partial charge in [-0.25, -0.2) is 4.39 Å². The smallest absolute Gasteiger partial charge is 0.362 e. The number of benzene rings is 1. The fraction of sp³-hybridized carbons (Fsp3) is 0.364. The van der Waals surface area contributed by atoms with Gasteiger partial charge in [-0.05, 0) is 17.7 Å². The summed E-state index contributed by atoms with van der Waals surface area (Å²) in [4.78, 5) is 11.2. The molecule has 0 aliphatic carbocycles. The molecule has 3 N–H and O–H groups in total. The third kappa shape index (κ3) is 5.66.